The van der Waals surface area contributed by atoms with E-state index < -0.39 is 0 Å². The number of aliphatic hydroxyl groups excluding tert-OH is 1. The molecule has 0 aromatic heterocycles. The number of nitrogens with zero attached hydrogens (tertiary/aromatic N) is 1. The molecule has 0 aliphatic heterocycles. The van der Waals surface area contributed by atoms with Crippen molar-refractivity contribution < 1.29 is 14.6 Å². The van der Waals surface area contributed by atoms with E-state index in [1.54, 1.807) is 4.90 Å². The van der Waals surface area contributed by atoms with Gasteiger partial charge in [-0.25, -0.2) is 0 Å². The zero-order chi connectivity index (χ0) is 13.7. The van der Waals surface area contributed by atoms with Crippen LogP contribution in [0.25, 0.3) is 0 Å². The fourth-order valence-electron chi connectivity index (χ4n) is 2.19. The van der Waals surface area contributed by atoms with Crippen molar-refractivity contribution in [2.45, 2.75) is 32.2 Å². The van der Waals surface area contributed by atoms with Crippen LogP contribution in [0.3, 0.4) is 0 Å². The average Bonchev–Trinajstić information content (AvgIpc) is 3.21. The van der Waals surface area contributed by atoms with Gasteiger partial charge in [0.15, 0.2) is 0 Å². The van der Waals surface area contributed by atoms with E-state index in [-0.39, 0.29) is 12.5 Å². The number of hydrogen-bond acceptors (Lipinski definition) is 3. The first-order valence-corrected chi connectivity index (χ1v) is 6.86. The number of hydrogen-bond donors (Lipinski definition) is 1. The van der Waals surface area contributed by atoms with Crippen LogP contribution in [0.1, 0.15) is 25.3 Å². The summed E-state index contributed by atoms with van der Waals surface area (Å²) in [7, 11) is 0. The largest absolute Gasteiger partial charge is 0.494 e. The Morgan fingerprint density at radius 3 is 2.89 bits per heavy atom. The molecule has 1 amide bonds. The van der Waals surface area contributed by atoms with Crippen LogP contribution >= 0.6 is 0 Å². The molecule has 1 N–H and O–H groups in total. The lowest BCUT2D eigenvalue weighted by Gasteiger charge is -2.21. The van der Waals surface area contributed by atoms with Gasteiger partial charge in [0, 0.05) is 12.6 Å². The summed E-state index contributed by atoms with van der Waals surface area (Å²) in [5.74, 6) is 0.887. The smallest absolute Gasteiger partial charge is 0.227 e. The van der Waals surface area contributed by atoms with E-state index in [1.807, 2.05) is 31.2 Å². The monoisotopic (exact) mass is 263 g/mol. The molecule has 104 valence electrons. The molecule has 1 saturated carbocycles. The van der Waals surface area contributed by atoms with Gasteiger partial charge < -0.3 is 14.7 Å². The summed E-state index contributed by atoms with van der Waals surface area (Å²) < 4.78 is 5.43. The SMILES string of the molecule is CCOc1cccc(CC(=O)N(CCO)C2CC2)c1. The lowest BCUT2D eigenvalue weighted by atomic mass is 10.1. The van der Waals surface area contributed by atoms with E-state index in [4.69, 9.17) is 9.84 Å². The van der Waals surface area contributed by atoms with Gasteiger partial charge in [-0.3, -0.25) is 4.79 Å². The average molecular weight is 263 g/mol. The third-order valence-electron chi connectivity index (χ3n) is 3.21. The van der Waals surface area contributed by atoms with Crippen LogP contribution in [0.2, 0.25) is 0 Å². The number of rotatable bonds is 7. The molecule has 0 unspecified atom stereocenters. The lowest BCUT2D eigenvalue weighted by molar-refractivity contribution is -0.131. The molecular weight excluding hydrogens is 242 g/mol. The van der Waals surface area contributed by atoms with E-state index >= 15 is 0 Å². The second-order valence-corrected chi connectivity index (χ2v) is 4.80. The molecule has 0 heterocycles. The summed E-state index contributed by atoms with van der Waals surface area (Å²) in [6.07, 6.45) is 2.49. The molecule has 1 fully saturated rings. The van der Waals surface area contributed by atoms with Crippen molar-refractivity contribution in [3.63, 3.8) is 0 Å². The van der Waals surface area contributed by atoms with Gasteiger partial charge in [-0.15, -0.1) is 0 Å². The Kier molecular flexibility index (Phi) is 4.80. The van der Waals surface area contributed by atoms with Crippen molar-refractivity contribution in [1.29, 1.82) is 0 Å². The molecule has 0 saturated heterocycles. The van der Waals surface area contributed by atoms with Gasteiger partial charge >= 0.3 is 0 Å². The first-order chi connectivity index (χ1) is 9.24. The summed E-state index contributed by atoms with van der Waals surface area (Å²) in [5, 5.41) is 9.03. The Bertz CT molecular complexity index is 429. The molecule has 0 atom stereocenters. The summed E-state index contributed by atoms with van der Waals surface area (Å²) in [5.41, 5.74) is 0.958. The topological polar surface area (TPSA) is 49.8 Å². The van der Waals surface area contributed by atoms with Crippen LogP contribution in [-0.2, 0) is 11.2 Å². The number of carbonyl (C=O) groups excluding carboxylic acids is 1. The molecular formula is C15H21NO3. The number of ether oxygens (including phenoxy) is 1. The first kappa shape index (κ1) is 13.9. The van der Waals surface area contributed by atoms with Gasteiger partial charge in [-0.2, -0.15) is 0 Å². The molecule has 1 aromatic carbocycles. The van der Waals surface area contributed by atoms with Gasteiger partial charge in [-0.1, -0.05) is 12.1 Å². The molecule has 1 aromatic rings. The van der Waals surface area contributed by atoms with Crippen LogP contribution in [0.5, 0.6) is 5.75 Å². The van der Waals surface area contributed by atoms with Crippen molar-refractivity contribution in [3.8, 4) is 5.75 Å². The third kappa shape index (κ3) is 3.96. The summed E-state index contributed by atoms with van der Waals surface area (Å²) in [4.78, 5) is 14.0. The summed E-state index contributed by atoms with van der Waals surface area (Å²) >= 11 is 0. The fourth-order valence-corrected chi connectivity index (χ4v) is 2.19. The predicted molar refractivity (Wildman–Crippen MR) is 73.1 cm³/mol. The molecule has 1 aliphatic rings. The molecule has 0 bridgehead atoms. The fraction of sp³-hybridized carbons (Fsp3) is 0.533. The van der Waals surface area contributed by atoms with E-state index in [9.17, 15) is 4.79 Å². The van der Waals surface area contributed by atoms with Gasteiger partial charge in [0.2, 0.25) is 5.91 Å². The predicted octanol–water partition coefficient (Wildman–Crippen LogP) is 1.61. The molecule has 19 heavy (non-hydrogen) atoms. The highest BCUT2D eigenvalue weighted by Crippen LogP contribution is 2.27. The van der Waals surface area contributed by atoms with Crippen LogP contribution < -0.4 is 4.74 Å². The second kappa shape index (κ2) is 6.57. The lowest BCUT2D eigenvalue weighted by Crippen LogP contribution is -2.36. The highest BCUT2D eigenvalue weighted by Gasteiger charge is 2.31. The Labute approximate surface area is 114 Å². The van der Waals surface area contributed by atoms with Crippen LogP contribution in [0.15, 0.2) is 24.3 Å². The highest BCUT2D eigenvalue weighted by atomic mass is 16.5. The molecule has 4 heteroatoms. The van der Waals surface area contributed by atoms with Crippen LogP contribution in [0.4, 0.5) is 0 Å². The normalized spacial score (nSPS) is 14.2. The minimum atomic E-state index is 0.0290. The first-order valence-electron chi connectivity index (χ1n) is 6.86. The zero-order valence-corrected chi connectivity index (χ0v) is 11.3. The minimum absolute atomic E-state index is 0.0290. The van der Waals surface area contributed by atoms with Crippen LogP contribution in [-0.4, -0.2) is 41.7 Å². The van der Waals surface area contributed by atoms with E-state index in [2.05, 4.69) is 0 Å². The van der Waals surface area contributed by atoms with Crippen LogP contribution in [0, 0.1) is 0 Å². The molecule has 1 aliphatic carbocycles. The number of carbonyl (C=O) groups is 1. The third-order valence-corrected chi connectivity index (χ3v) is 3.21. The maximum Gasteiger partial charge on any atom is 0.227 e. The molecule has 4 nitrogen and oxygen atoms in total. The van der Waals surface area contributed by atoms with Crippen molar-refractivity contribution in [2.75, 3.05) is 19.8 Å². The highest BCUT2D eigenvalue weighted by molar-refractivity contribution is 5.79. The Morgan fingerprint density at radius 1 is 1.47 bits per heavy atom. The minimum Gasteiger partial charge on any atom is -0.494 e. The standard InChI is InChI=1S/C15H21NO3/c1-2-19-14-5-3-4-12(10-14)11-15(18)16(8-9-17)13-6-7-13/h3-5,10,13,17H,2,6-9,11H2,1H3. The van der Waals surface area contributed by atoms with Crippen molar-refractivity contribution in [1.82, 2.24) is 4.90 Å². The summed E-state index contributed by atoms with van der Waals surface area (Å²) in [6.45, 7) is 3.03. The van der Waals surface area contributed by atoms with Crippen molar-refractivity contribution >= 4 is 5.91 Å². The quantitative estimate of drug-likeness (QED) is 0.813. The summed E-state index contributed by atoms with van der Waals surface area (Å²) in [6, 6.07) is 7.98. The van der Waals surface area contributed by atoms with E-state index in [0.29, 0.717) is 25.6 Å². The maximum absolute atomic E-state index is 12.2. The maximum atomic E-state index is 12.2. The van der Waals surface area contributed by atoms with Crippen molar-refractivity contribution in [3.05, 3.63) is 29.8 Å². The Hall–Kier alpha value is -1.55. The molecule has 0 spiro atoms. The van der Waals surface area contributed by atoms with Gasteiger partial charge in [0.1, 0.15) is 5.75 Å². The van der Waals surface area contributed by atoms with Gasteiger partial charge in [0.05, 0.1) is 19.6 Å². The van der Waals surface area contributed by atoms with Crippen molar-refractivity contribution in [2.24, 2.45) is 0 Å². The number of aliphatic hydroxyl groups is 1. The molecule has 0 radical (unpaired) electrons. The van der Waals surface area contributed by atoms with Gasteiger partial charge in [0.25, 0.3) is 0 Å². The van der Waals surface area contributed by atoms with E-state index in [0.717, 1.165) is 24.2 Å². The van der Waals surface area contributed by atoms with E-state index in [1.165, 1.54) is 0 Å². The number of amides is 1. The van der Waals surface area contributed by atoms with Gasteiger partial charge in [-0.05, 0) is 37.5 Å². The molecule has 2 rings (SSSR count). The Balaban J connectivity index is 1.98. The zero-order valence-electron chi connectivity index (χ0n) is 11.3. The number of benzene rings is 1. The Morgan fingerprint density at radius 2 is 2.26 bits per heavy atom. The second-order valence-electron chi connectivity index (χ2n) is 4.80.